The summed E-state index contributed by atoms with van der Waals surface area (Å²) in [6, 6.07) is 3.39. The van der Waals surface area contributed by atoms with Gasteiger partial charge in [0.05, 0.1) is 22.5 Å². The van der Waals surface area contributed by atoms with Crippen LogP contribution >= 0.6 is 23.2 Å². The molecule has 0 radical (unpaired) electrons. The lowest BCUT2D eigenvalue weighted by atomic mass is 10.0. The highest BCUT2D eigenvalue weighted by molar-refractivity contribution is 6.30. The van der Waals surface area contributed by atoms with Crippen LogP contribution in [0, 0.1) is 6.92 Å². The van der Waals surface area contributed by atoms with E-state index in [1.54, 1.807) is 16.9 Å². The van der Waals surface area contributed by atoms with Crippen LogP contribution in [0.5, 0.6) is 0 Å². The molecule has 2 N–H and O–H groups in total. The average molecular weight is 285 g/mol. The van der Waals surface area contributed by atoms with Crippen LogP contribution in [0.25, 0.3) is 0 Å². The smallest absolute Gasteiger partial charge is 0.130 e. The van der Waals surface area contributed by atoms with E-state index >= 15 is 0 Å². The van der Waals surface area contributed by atoms with Crippen LogP contribution in [0.4, 0.5) is 0 Å². The van der Waals surface area contributed by atoms with E-state index in [0.29, 0.717) is 16.6 Å². The van der Waals surface area contributed by atoms with Gasteiger partial charge in [-0.3, -0.25) is 9.67 Å². The fourth-order valence-electron chi connectivity index (χ4n) is 1.84. The Labute approximate surface area is 116 Å². The van der Waals surface area contributed by atoms with E-state index in [1.807, 2.05) is 20.0 Å². The molecule has 6 heteroatoms. The minimum absolute atomic E-state index is 0.220. The van der Waals surface area contributed by atoms with Crippen molar-refractivity contribution in [3.8, 4) is 0 Å². The second-order valence-corrected chi connectivity index (χ2v) is 4.98. The van der Waals surface area contributed by atoms with Gasteiger partial charge in [0.25, 0.3) is 0 Å². The summed E-state index contributed by atoms with van der Waals surface area (Å²) >= 11 is 12.0. The van der Waals surface area contributed by atoms with E-state index in [9.17, 15) is 0 Å². The van der Waals surface area contributed by atoms with Crippen LogP contribution in [-0.4, -0.2) is 14.8 Å². The van der Waals surface area contributed by atoms with Crippen molar-refractivity contribution in [1.29, 1.82) is 0 Å². The Morgan fingerprint density at radius 3 is 2.61 bits per heavy atom. The summed E-state index contributed by atoms with van der Waals surface area (Å²) < 4.78 is 1.65. The number of nitrogens with zero attached hydrogens (tertiary/aromatic N) is 3. The fraction of sp³-hybridized carbons (Fsp3) is 0.333. The Morgan fingerprint density at radius 1 is 1.39 bits per heavy atom. The third-order valence-electron chi connectivity index (χ3n) is 2.82. The van der Waals surface area contributed by atoms with E-state index in [-0.39, 0.29) is 6.04 Å². The first-order valence-electron chi connectivity index (χ1n) is 5.54. The lowest BCUT2D eigenvalue weighted by Crippen LogP contribution is -2.15. The summed E-state index contributed by atoms with van der Waals surface area (Å²) in [6.07, 6.45) is 2.20. The van der Waals surface area contributed by atoms with Crippen molar-refractivity contribution >= 4 is 23.2 Å². The molecule has 4 nitrogen and oxygen atoms in total. The van der Waals surface area contributed by atoms with Crippen LogP contribution in [0.15, 0.2) is 18.3 Å². The molecule has 0 aliphatic carbocycles. The van der Waals surface area contributed by atoms with E-state index in [0.717, 1.165) is 17.0 Å². The number of hydrogen-bond acceptors (Lipinski definition) is 3. The SMILES string of the molecule is Cc1nn(C)c(Cl)c1CC(N)c1ccc(Cl)cn1. The van der Waals surface area contributed by atoms with Crippen molar-refractivity contribution in [3.63, 3.8) is 0 Å². The minimum atomic E-state index is -0.220. The predicted octanol–water partition coefficient (Wildman–Crippen LogP) is 2.67. The first kappa shape index (κ1) is 13.3. The van der Waals surface area contributed by atoms with Crippen LogP contribution in [0.1, 0.15) is 23.0 Å². The van der Waals surface area contributed by atoms with Gasteiger partial charge >= 0.3 is 0 Å². The maximum atomic E-state index is 6.17. The van der Waals surface area contributed by atoms with Gasteiger partial charge in [-0.25, -0.2) is 0 Å². The van der Waals surface area contributed by atoms with Gasteiger partial charge in [-0.1, -0.05) is 23.2 Å². The summed E-state index contributed by atoms with van der Waals surface area (Å²) in [4.78, 5) is 4.21. The molecule has 0 aliphatic rings. The minimum Gasteiger partial charge on any atom is -0.322 e. The maximum Gasteiger partial charge on any atom is 0.130 e. The summed E-state index contributed by atoms with van der Waals surface area (Å²) in [6.45, 7) is 1.92. The summed E-state index contributed by atoms with van der Waals surface area (Å²) in [5, 5.41) is 5.48. The molecular formula is C12H14Cl2N4. The quantitative estimate of drug-likeness (QED) is 0.943. The first-order chi connectivity index (χ1) is 8.49. The highest BCUT2D eigenvalue weighted by Crippen LogP contribution is 2.24. The molecule has 2 rings (SSSR count). The van der Waals surface area contributed by atoms with Crippen molar-refractivity contribution in [2.75, 3.05) is 0 Å². The largest absolute Gasteiger partial charge is 0.322 e. The average Bonchev–Trinajstić information content (AvgIpc) is 2.57. The number of nitrogens with two attached hydrogens (primary N) is 1. The lowest BCUT2D eigenvalue weighted by molar-refractivity contribution is 0.693. The Balaban J connectivity index is 2.21. The third-order valence-corrected chi connectivity index (χ3v) is 3.52. The van der Waals surface area contributed by atoms with Crippen molar-refractivity contribution < 1.29 is 0 Å². The number of pyridine rings is 1. The zero-order valence-electron chi connectivity index (χ0n) is 10.2. The van der Waals surface area contributed by atoms with Crippen molar-refractivity contribution in [1.82, 2.24) is 14.8 Å². The van der Waals surface area contributed by atoms with Gasteiger partial charge in [-0.2, -0.15) is 5.10 Å². The molecule has 0 aliphatic heterocycles. The van der Waals surface area contributed by atoms with Gasteiger partial charge in [0.1, 0.15) is 5.15 Å². The Kier molecular flexibility index (Phi) is 3.90. The van der Waals surface area contributed by atoms with Gasteiger partial charge in [0.2, 0.25) is 0 Å². The number of halogens is 2. The van der Waals surface area contributed by atoms with Crippen LogP contribution in [0.3, 0.4) is 0 Å². The van der Waals surface area contributed by atoms with E-state index in [1.165, 1.54) is 0 Å². The van der Waals surface area contributed by atoms with Gasteiger partial charge in [-0.15, -0.1) is 0 Å². The van der Waals surface area contributed by atoms with Gasteiger partial charge in [-0.05, 0) is 25.5 Å². The summed E-state index contributed by atoms with van der Waals surface area (Å²) in [5.41, 5.74) is 8.77. The molecule has 96 valence electrons. The Bertz CT molecular complexity index is 548. The molecule has 0 fully saturated rings. The molecule has 2 aromatic rings. The van der Waals surface area contributed by atoms with Gasteiger partial charge in [0, 0.05) is 18.8 Å². The molecule has 0 saturated heterocycles. The predicted molar refractivity (Wildman–Crippen MR) is 72.8 cm³/mol. The maximum absolute atomic E-state index is 6.17. The molecule has 1 unspecified atom stereocenters. The molecule has 0 amide bonds. The lowest BCUT2D eigenvalue weighted by Gasteiger charge is -2.11. The zero-order valence-corrected chi connectivity index (χ0v) is 11.7. The first-order valence-corrected chi connectivity index (χ1v) is 6.29. The number of aryl methyl sites for hydroxylation is 2. The molecule has 1 atom stereocenters. The number of aromatic nitrogens is 3. The van der Waals surface area contributed by atoms with Gasteiger partial charge < -0.3 is 5.73 Å². The van der Waals surface area contributed by atoms with Crippen molar-refractivity contribution in [3.05, 3.63) is 45.5 Å². The number of rotatable bonds is 3. The van der Waals surface area contributed by atoms with Crippen molar-refractivity contribution in [2.45, 2.75) is 19.4 Å². The zero-order chi connectivity index (χ0) is 13.3. The second-order valence-electron chi connectivity index (χ2n) is 4.19. The third kappa shape index (κ3) is 2.66. The molecule has 0 saturated carbocycles. The van der Waals surface area contributed by atoms with E-state index in [4.69, 9.17) is 28.9 Å². The number of hydrogen-bond donors (Lipinski definition) is 1. The van der Waals surface area contributed by atoms with Crippen LogP contribution < -0.4 is 5.73 Å². The molecule has 0 bridgehead atoms. The Morgan fingerprint density at radius 2 is 2.11 bits per heavy atom. The fourth-order valence-corrected chi connectivity index (χ4v) is 2.20. The highest BCUT2D eigenvalue weighted by atomic mass is 35.5. The standard InChI is InChI=1S/C12H14Cl2N4/c1-7-9(12(14)18(2)17-7)5-10(15)11-4-3-8(13)6-16-11/h3-4,6,10H,5,15H2,1-2H3. The van der Waals surface area contributed by atoms with Crippen LogP contribution in [-0.2, 0) is 13.5 Å². The van der Waals surface area contributed by atoms with E-state index in [2.05, 4.69) is 10.1 Å². The van der Waals surface area contributed by atoms with Gasteiger partial charge in [0.15, 0.2) is 0 Å². The summed E-state index contributed by atoms with van der Waals surface area (Å²) in [7, 11) is 1.81. The molecule has 18 heavy (non-hydrogen) atoms. The second kappa shape index (κ2) is 5.26. The monoisotopic (exact) mass is 284 g/mol. The molecule has 0 aromatic carbocycles. The van der Waals surface area contributed by atoms with Crippen molar-refractivity contribution in [2.24, 2.45) is 12.8 Å². The molecule has 2 heterocycles. The Hall–Kier alpha value is -1.10. The molecule has 0 spiro atoms. The van der Waals surface area contributed by atoms with Crippen LogP contribution in [0.2, 0.25) is 10.2 Å². The van der Waals surface area contributed by atoms with E-state index < -0.39 is 0 Å². The normalized spacial score (nSPS) is 12.7. The molecule has 2 aromatic heterocycles. The topological polar surface area (TPSA) is 56.7 Å². The molecular weight excluding hydrogens is 271 g/mol. The highest BCUT2D eigenvalue weighted by Gasteiger charge is 2.16. The summed E-state index contributed by atoms with van der Waals surface area (Å²) in [5.74, 6) is 0.